The number of fused-ring (bicyclic) bond motifs is 1. The van der Waals surface area contributed by atoms with Crippen LogP contribution in [-0.4, -0.2) is 47.8 Å². The number of H-pyrrole nitrogens is 1. The van der Waals surface area contributed by atoms with E-state index in [0.29, 0.717) is 39.5 Å². The Bertz CT molecular complexity index is 816. The molecule has 9 heteroatoms. The largest absolute Gasteiger partial charge is 0.378 e. The number of carbonyl (C=O) groups excluding carboxylic acids is 1. The normalized spacial score (nSPS) is 21.9. The highest BCUT2D eigenvalue weighted by atomic mass is 32.1. The number of thiophene rings is 1. The summed E-state index contributed by atoms with van der Waals surface area (Å²) in [7, 11) is 0. The molecule has 3 N–H and O–H groups in total. The van der Waals surface area contributed by atoms with Crippen molar-refractivity contribution in [1.29, 1.82) is 0 Å². The third-order valence-electron chi connectivity index (χ3n) is 5.13. The van der Waals surface area contributed by atoms with Crippen molar-refractivity contribution in [2.24, 2.45) is 5.73 Å². The summed E-state index contributed by atoms with van der Waals surface area (Å²) in [5.74, 6) is -3.45. The van der Waals surface area contributed by atoms with Crippen molar-refractivity contribution in [3.63, 3.8) is 0 Å². The second-order valence-electron chi connectivity index (χ2n) is 7.17. The highest BCUT2D eigenvalue weighted by molar-refractivity contribution is 7.18. The Kier molecular flexibility index (Phi) is 4.90. The summed E-state index contributed by atoms with van der Waals surface area (Å²) in [6, 6.07) is 0. The second kappa shape index (κ2) is 7.20. The molecule has 1 fully saturated rings. The summed E-state index contributed by atoms with van der Waals surface area (Å²) in [6.45, 7) is 0.728. The van der Waals surface area contributed by atoms with E-state index in [4.69, 9.17) is 10.5 Å². The highest BCUT2D eigenvalue weighted by Crippen LogP contribution is 2.47. The van der Waals surface area contributed by atoms with E-state index >= 15 is 0 Å². The predicted octanol–water partition coefficient (Wildman–Crippen LogP) is 3.19. The zero-order valence-corrected chi connectivity index (χ0v) is 15.7. The van der Waals surface area contributed by atoms with Crippen LogP contribution in [0, 0.1) is 0 Å². The van der Waals surface area contributed by atoms with Crippen molar-refractivity contribution in [2.45, 2.75) is 44.1 Å². The molecule has 0 bridgehead atoms. The molecule has 27 heavy (non-hydrogen) atoms. The number of nitrogens with zero attached hydrogens (tertiary/aromatic N) is 2. The van der Waals surface area contributed by atoms with Crippen molar-refractivity contribution in [1.82, 2.24) is 10.2 Å². The van der Waals surface area contributed by atoms with Crippen molar-refractivity contribution >= 4 is 22.9 Å². The number of rotatable bonds is 5. The Labute approximate surface area is 159 Å². The van der Waals surface area contributed by atoms with Crippen LogP contribution in [0.3, 0.4) is 0 Å². The van der Waals surface area contributed by atoms with Crippen LogP contribution in [0.1, 0.15) is 40.9 Å². The second-order valence-corrected chi connectivity index (χ2v) is 8.19. The molecular weight excluding hydrogens is 374 g/mol. The molecule has 1 saturated heterocycles. The van der Waals surface area contributed by atoms with Gasteiger partial charge in [-0.2, -0.15) is 5.10 Å². The number of aromatic amines is 1. The summed E-state index contributed by atoms with van der Waals surface area (Å²) in [6.07, 6.45) is 6.65. The van der Waals surface area contributed by atoms with Crippen molar-refractivity contribution in [2.75, 3.05) is 24.6 Å². The van der Waals surface area contributed by atoms with Crippen LogP contribution >= 0.6 is 11.3 Å². The Morgan fingerprint density at radius 2 is 2.33 bits per heavy atom. The van der Waals surface area contributed by atoms with Crippen LogP contribution in [-0.2, 0) is 11.2 Å². The lowest BCUT2D eigenvalue weighted by atomic mass is 9.96. The van der Waals surface area contributed by atoms with Gasteiger partial charge in [0, 0.05) is 41.8 Å². The number of halogens is 2. The average Bonchev–Trinajstić information content (AvgIpc) is 3.27. The summed E-state index contributed by atoms with van der Waals surface area (Å²) >= 11 is 1.17. The van der Waals surface area contributed by atoms with Crippen LogP contribution in [0.2, 0.25) is 0 Å². The molecule has 2 aliphatic heterocycles. The first-order valence-electron chi connectivity index (χ1n) is 9.13. The molecular formula is C18H22F2N4O2S. The number of hydrogen-bond acceptors (Lipinski definition) is 5. The third kappa shape index (κ3) is 3.70. The number of nitrogens with two attached hydrogens (primary N) is 1. The quantitative estimate of drug-likeness (QED) is 0.813. The molecule has 1 atom stereocenters. The van der Waals surface area contributed by atoms with Gasteiger partial charge in [0.1, 0.15) is 4.88 Å². The summed E-state index contributed by atoms with van der Waals surface area (Å²) in [5.41, 5.74) is 7.32. The Morgan fingerprint density at radius 1 is 1.48 bits per heavy atom. The van der Waals surface area contributed by atoms with Crippen molar-refractivity contribution in [3.8, 4) is 10.4 Å². The molecule has 2 aromatic heterocycles. The third-order valence-corrected chi connectivity index (χ3v) is 6.42. The Morgan fingerprint density at radius 3 is 3.00 bits per heavy atom. The lowest BCUT2D eigenvalue weighted by Gasteiger charge is -2.36. The van der Waals surface area contributed by atoms with Crippen LogP contribution < -0.4 is 10.6 Å². The first-order chi connectivity index (χ1) is 12.9. The van der Waals surface area contributed by atoms with Gasteiger partial charge in [0.25, 0.3) is 11.8 Å². The van der Waals surface area contributed by atoms with Gasteiger partial charge < -0.3 is 15.4 Å². The van der Waals surface area contributed by atoms with Gasteiger partial charge in [-0.05, 0) is 25.7 Å². The zero-order chi connectivity index (χ0) is 19.0. The average molecular weight is 396 g/mol. The number of carbonyl (C=O) groups is 1. The van der Waals surface area contributed by atoms with E-state index in [-0.39, 0.29) is 6.10 Å². The Hall–Kier alpha value is -2.00. The minimum Gasteiger partial charge on any atom is -0.378 e. The van der Waals surface area contributed by atoms with Crippen LogP contribution in [0.15, 0.2) is 12.4 Å². The number of alkyl halides is 2. The van der Waals surface area contributed by atoms with E-state index in [1.807, 2.05) is 0 Å². The monoisotopic (exact) mass is 396 g/mol. The molecule has 4 rings (SSSR count). The first-order valence-corrected chi connectivity index (χ1v) is 9.95. The van der Waals surface area contributed by atoms with E-state index in [1.165, 1.54) is 11.3 Å². The summed E-state index contributed by atoms with van der Waals surface area (Å²) in [5, 5.41) is 6.60. The van der Waals surface area contributed by atoms with Gasteiger partial charge in [-0.15, -0.1) is 11.3 Å². The van der Waals surface area contributed by atoms with E-state index in [0.717, 1.165) is 25.9 Å². The number of ether oxygens (including phenoxy) is 1. The maximum atomic E-state index is 14.5. The molecule has 1 unspecified atom stereocenters. The fourth-order valence-corrected chi connectivity index (χ4v) is 5.10. The van der Waals surface area contributed by atoms with Crippen molar-refractivity contribution in [3.05, 3.63) is 22.8 Å². The number of hydrogen-bond donors (Lipinski definition) is 2. The van der Waals surface area contributed by atoms with Gasteiger partial charge in [-0.1, -0.05) is 0 Å². The topological polar surface area (TPSA) is 84.2 Å². The van der Waals surface area contributed by atoms with Gasteiger partial charge in [0.15, 0.2) is 0 Å². The molecule has 0 radical (unpaired) electrons. The molecule has 0 saturated carbocycles. The van der Waals surface area contributed by atoms with Crippen LogP contribution in [0.5, 0.6) is 0 Å². The smallest absolute Gasteiger partial charge is 0.269 e. The summed E-state index contributed by atoms with van der Waals surface area (Å²) < 4.78 is 34.8. The zero-order valence-electron chi connectivity index (χ0n) is 14.8. The maximum Gasteiger partial charge on any atom is 0.269 e. The number of aromatic nitrogens is 2. The van der Waals surface area contributed by atoms with Crippen LogP contribution in [0.25, 0.3) is 10.4 Å². The molecule has 6 nitrogen and oxygen atoms in total. The van der Waals surface area contributed by atoms with Crippen LogP contribution in [0.4, 0.5) is 14.5 Å². The van der Waals surface area contributed by atoms with E-state index in [2.05, 4.69) is 10.2 Å². The minimum atomic E-state index is -2.87. The molecule has 0 aromatic carbocycles. The lowest BCUT2D eigenvalue weighted by molar-refractivity contribution is -0.000925. The van der Waals surface area contributed by atoms with Gasteiger partial charge in [0.2, 0.25) is 0 Å². The van der Waals surface area contributed by atoms with E-state index in [9.17, 15) is 13.6 Å². The molecule has 1 amide bonds. The molecule has 2 aromatic rings. The number of amides is 1. The number of primary amides is 1. The lowest BCUT2D eigenvalue weighted by Crippen LogP contribution is -2.44. The summed E-state index contributed by atoms with van der Waals surface area (Å²) in [4.78, 5) is 14.6. The first kappa shape index (κ1) is 18.4. The number of anilines is 1. The SMILES string of the molecule is NC(=O)c1sc(-c2cn[nH]c2)c2c1N(CCC1CCCCO1)CC(F)(F)C2. The van der Waals surface area contributed by atoms with E-state index in [1.54, 1.807) is 17.3 Å². The van der Waals surface area contributed by atoms with Gasteiger partial charge in [0.05, 0.1) is 24.5 Å². The fraction of sp³-hybridized carbons (Fsp3) is 0.556. The van der Waals surface area contributed by atoms with E-state index < -0.39 is 24.8 Å². The molecule has 0 aliphatic carbocycles. The standard InChI is InChI=1S/C18H22F2N4O2S/c19-18(20)7-13-14(24(10-18)5-4-12-3-1-2-6-26-12)16(17(21)25)27-15(13)11-8-22-23-9-11/h8-9,12H,1-7,10H2,(H2,21,25)(H,22,23). The fourth-order valence-electron chi connectivity index (χ4n) is 3.93. The van der Waals surface area contributed by atoms with Crippen molar-refractivity contribution < 1.29 is 18.3 Å². The van der Waals surface area contributed by atoms with Gasteiger partial charge in [-0.25, -0.2) is 8.78 Å². The van der Waals surface area contributed by atoms with Gasteiger partial charge in [-0.3, -0.25) is 9.89 Å². The maximum absolute atomic E-state index is 14.5. The predicted molar refractivity (Wildman–Crippen MR) is 99.5 cm³/mol. The number of nitrogens with one attached hydrogen (secondary N) is 1. The molecule has 146 valence electrons. The molecule has 0 spiro atoms. The highest BCUT2D eigenvalue weighted by Gasteiger charge is 2.42. The Balaban J connectivity index is 1.69. The minimum absolute atomic E-state index is 0.0850. The van der Waals surface area contributed by atoms with Gasteiger partial charge >= 0.3 is 0 Å². The molecule has 2 aliphatic rings. The molecule has 4 heterocycles.